The Morgan fingerprint density at radius 1 is 1.09 bits per heavy atom. The number of ether oxygens (including phenoxy) is 1. The van der Waals surface area contributed by atoms with E-state index in [0.717, 1.165) is 11.1 Å². The molecule has 0 spiro atoms. The fraction of sp³-hybridized carbons (Fsp3) is 0.320. The van der Waals surface area contributed by atoms with Crippen LogP contribution in [0.4, 0.5) is 4.39 Å². The van der Waals surface area contributed by atoms with E-state index in [-0.39, 0.29) is 23.3 Å². The standard InChI is InChI=1S/C25H26ClFN2O3/c1-15(2)32-24-9-5-17(12-22(24)27)21(20-8-7-19(26)11-16(20)3)13-23(28-31)18-6-10-25(30)29(4)14-18/h5-12,14-15,21,23H,13H2,1-4H3. The number of nitroso groups, excluding NO2 is 1. The molecule has 0 fully saturated rings. The van der Waals surface area contributed by atoms with Crippen molar-refractivity contribution >= 4 is 11.6 Å². The molecule has 2 aromatic carbocycles. The second kappa shape index (κ2) is 10.1. The first-order chi connectivity index (χ1) is 15.2. The third-order valence-electron chi connectivity index (χ3n) is 5.41. The zero-order valence-electron chi connectivity index (χ0n) is 18.5. The summed E-state index contributed by atoms with van der Waals surface area (Å²) >= 11 is 6.15. The Labute approximate surface area is 191 Å². The molecule has 0 amide bonds. The van der Waals surface area contributed by atoms with Gasteiger partial charge in [0.1, 0.15) is 6.04 Å². The molecule has 3 aromatic rings. The lowest BCUT2D eigenvalue weighted by atomic mass is 9.82. The lowest BCUT2D eigenvalue weighted by Crippen LogP contribution is -2.16. The largest absolute Gasteiger partial charge is 0.488 e. The minimum atomic E-state index is -0.725. The third-order valence-corrected chi connectivity index (χ3v) is 5.64. The fourth-order valence-electron chi connectivity index (χ4n) is 3.83. The molecule has 7 heteroatoms. The van der Waals surface area contributed by atoms with Gasteiger partial charge in [-0.05, 0) is 79.8 Å². The van der Waals surface area contributed by atoms with Crippen LogP contribution in [0.5, 0.6) is 5.75 Å². The number of nitrogens with zero attached hydrogens (tertiary/aromatic N) is 2. The zero-order valence-corrected chi connectivity index (χ0v) is 19.3. The van der Waals surface area contributed by atoms with Crippen LogP contribution < -0.4 is 10.3 Å². The smallest absolute Gasteiger partial charge is 0.250 e. The van der Waals surface area contributed by atoms with Crippen LogP contribution in [0.15, 0.2) is 64.7 Å². The van der Waals surface area contributed by atoms with Gasteiger partial charge in [0, 0.05) is 30.3 Å². The molecule has 3 rings (SSSR count). The molecule has 1 aromatic heterocycles. The Balaban J connectivity index is 2.06. The number of aromatic nitrogens is 1. The Hall–Kier alpha value is -2.99. The van der Waals surface area contributed by atoms with E-state index in [9.17, 15) is 14.1 Å². The van der Waals surface area contributed by atoms with Gasteiger partial charge in [-0.15, -0.1) is 0 Å². The molecule has 168 valence electrons. The quantitative estimate of drug-likeness (QED) is 0.373. The van der Waals surface area contributed by atoms with Crippen molar-refractivity contribution in [1.29, 1.82) is 0 Å². The summed E-state index contributed by atoms with van der Waals surface area (Å²) in [6, 6.07) is 12.7. The molecule has 1 heterocycles. The molecule has 0 aliphatic rings. The van der Waals surface area contributed by atoms with Gasteiger partial charge in [0.2, 0.25) is 5.56 Å². The first kappa shape index (κ1) is 23.7. The van der Waals surface area contributed by atoms with Gasteiger partial charge < -0.3 is 9.30 Å². The molecule has 0 bridgehead atoms. The van der Waals surface area contributed by atoms with Gasteiger partial charge in [0.15, 0.2) is 11.6 Å². The number of pyridine rings is 1. The zero-order chi connectivity index (χ0) is 23.4. The summed E-state index contributed by atoms with van der Waals surface area (Å²) < 4.78 is 21.8. The highest BCUT2D eigenvalue weighted by Gasteiger charge is 2.25. The second-order valence-electron chi connectivity index (χ2n) is 8.18. The van der Waals surface area contributed by atoms with Gasteiger partial charge >= 0.3 is 0 Å². The molecule has 32 heavy (non-hydrogen) atoms. The molecular formula is C25H26ClFN2O3. The monoisotopic (exact) mass is 456 g/mol. The highest BCUT2D eigenvalue weighted by Crippen LogP contribution is 2.38. The van der Waals surface area contributed by atoms with Crippen LogP contribution in [0.2, 0.25) is 5.02 Å². The normalized spacial score (nSPS) is 13.1. The maximum atomic E-state index is 14.8. The molecule has 0 N–H and O–H groups in total. The minimum absolute atomic E-state index is 0.155. The van der Waals surface area contributed by atoms with Crippen molar-refractivity contribution in [1.82, 2.24) is 4.57 Å². The van der Waals surface area contributed by atoms with Gasteiger partial charge in [-0.3, -0.25) is 4.79 Å². The fourth-order valence-corrected chi connectivity index (χ4v) is 4.06. The van der Waals surface area contributed by atoms with E-state index in [4.69, 9.17) is 16.3 Å². The Morgan fingerprint density at radius 2 is 1.81 bits per heavy atom. The summed E-state index contributed by atoms with van der Waals surface area (Å²) in [4.78, 5) is 23.6. The summed E-state index contributed by atoms with van der Waals surface area (Å²) in [5.74, 6) is -0.612. The average molecular weight is 457 g/mol. The number of rotatable bonds is 8. The SMILES string of the molecule is Cc1cc(Cl)ccc1C(CC(N=O)c1ccc(=O)n(C)c1)c1ccc(OC(C)C)c(F)c1. The second-order valence-corrected chi connectivity index (χ2v) is 8.61. The summed E-state index contributed by atoms with van der Waals surface area (Å²) in [5, 5.41) is 3.93. The minimum Gasteiger partial charge on any atom is -0.488 e. The Morgan fingerprint density at radius 3 is 2.41 bits per heavy atom. The highest BCUT2D eigenvalue weighted by molar-refractivity contribution is 6.30. The van der Waals surface area contributed by atoms with Crippen molar-refractivity contribution < 1.29 is 9.13 Å². The predicted molar refractivity (Wildman–Crippen MR) is 125 cm³/mol. The van der Waals surface area contributed by atoms with Crippen LogP contribution in [0.25, 0.3) is 0 Å². The first-order valence-electron chi connectivity index (χ1n) is 10.4. The molecule has 0 saturated heterocycles. The van der Waals surface area contributed by atoms with Crippen molar-refractivity contribution in [3.05, 3.63) is 103 Å². The van der Waals surface area contributed by atoms with E-state index < -0.39 is 11.9 Å². The van der Waals surface area contributed by atoms with Gasteiger partial charge in [0.25, 0.3) is 0 Å². The third kappa shape index (κ3) is 5.43. The van der Waals surface area contributed by atoms with E-state index in [0.29, 0.717) is 22.6 Å². The van der Waals surface area contributed by atoms with Crippen LogP contribution in [0.3, 0.4) is 0 Å². The van der Waals surface area contributed by atoms with Gasteiger partial charge in [-0.1, -0.05) is 28.9 Å². The van der Waals surface area contributed by atoms with Crippen LogP contribution in [-0.4, -0.2) is 10.7 Å². The maximum Gasteiger partial charge on any atom is 0.250 e. The van der Waals surface area contributed by atoms with Gasteiger partial charge in [0.05, 0.1) is 6.10 Å². The van der Waals surface area contributed by atoms with Crippen LogP contribution in [0, 0.1) is 17.6 Å². The number of benzene rings is 2. The molecule has 2 atom stereocenters. The summed E-state index contributed by atoms with van der Waals surface area (Å²) in [6.07, 6.45) is 1.76. The number of hydrogen-bond donors (Lipinski definition) is 0. The van der Waals surface area contributed by atoms with Crippen molar-refractivity contribution in [3.8, 4) is 5.75 Å². The van der Waals surface area contributed by atoms with Crippen LogP contribution in [-0.2, 0) is 7.05 Å². The van der Waals surface area contributed by atoms with Gasteiger partial charge in [-0.2, -0.15) is 4.91 Å². The van der Waals surface area contributed by atoms with E-state index in [1.807, 2.05) is 39.0 Å². The lowest BCUT2D eigenvalue weighted by molar-refractivity contribution is 0.231. The van der Waals surface area contributed by atoms with Gasteiger partial charge in [-0.25, -0.2) is 4.39 Å². The average Bonchev–Trinajstić information content (AvgIpc) is 2.73. The molecule has 0 saturated carbocycles. The summed E-state index contributed by atoms with van der Waals surface area (Å²) in [5.41, 5.74) is 2.99. The predicted octanol–water partition coefficient (Wildman–Crippen LogP) is 6.30. The summed E-state index contributed by atoms with van der Waals surface area (Å²) in [7, 11) is 1.62. The van der Waals surface area contributed by atoms with Crippen LogP contribution in [0.1, 0.15) is 54.5 Å². The van der Waals surface area contributed by atoms with Crippen molar-refractivity contribution in [2.24, 2.45) is 12.2 Å². The number of aryl methyl sites for hydroxylation is 2. The molecule has 0 radical (unpaired) electrons. The number of hydrogen-bond acceptors (Lipinski definition) is 4. The van der Waals surface area contributed by atoms with E-state index in [1.165, 1.54) is 16.7 Å². The van der Waals surface area contributed by atoms with Crippen molar-refractivity contribution in [2.45, 2.75) is 45.3 Å². The molecule has 0 aliphatic carbocycles. The van der Waals surface area contributed by atoms with E-state index >= 15 is 0 Å². The topological polar surface area (TPSA) is 60.7 Å². The molecule has 0 aliphatic heterocycles. The first-order valence-corrected chi connectivity index (χ1v) is 10.8. The van der Waals surface area contributed by atoms with Crippen LogP contribution >= 0.6 is 11.6 Å². The molecular weight excluding hydrogens is 431 g/mol. The van der Waals surface area contributed by atoms with E-state index in [2.05, 4.69) is 5.18 Å². The maximum absolute atomic E-state index is 14.8. The summed E-state index contributed by atoms with van der Waals surface area (Å²) in [6.45, 7) is 5.60. The lowest BCUT2D eigenvalue weighted by Gasteiger charge is -2.23. The molecule has 2 unspecified atom stereocenters. The highest BCUT2D eigenvalue weighted by atomic mass is 35.5. The Kier molecular flexibility index (Phi) is 7.46. The Bertz CT molecular complexity index is 1180. The number of halogens is 2. The van der Waals surface area contributed by atoms with E-state index in [1.54, 1.807) is 31.4 Å². The van der Waals surface area contributed by atoms with Crippen molar-refractivity contribution in [3.63, 3.8) is 0 Å². The van der Waals surface area contributed by atoms with Crippen molar-refractivity contribution in [2.75, 3.05) is 0 Å². The molecule has 5 nitrogen and oxygen atoms in total.